The van der Waals surface area contributed by atoms with Crippen LogP contribution in [0.5, 0.6) is 5.75 Å². The number of H-pyrrole nitrogens is 1. The number of anilines is 2. The predicted molar refractivity (Wildman–Crippen MR) is 252 cm³/mol. The van der Waals surface area contributed by atoms with Crippen LogP contribution < -0.4 is 20.3 Å². The summed E-state index contributed by atoms with van der Waals surface area (Å²) in [5.41, 5.74) is 4.18. The predicted octanol–water partition coefficient (Wildman–Crippen LogP) is 5.65. The fourth-order valence-corrected chi connectivity index (χ4v) is 12.0. The molecule has 5 N–H and O–H groups in total. The Morgan fingerprint density at radius 1 is 0.970 bits per heavy atom. The molecule has 0 radical (unpaired) electrons. The van der Waals surface area contributed by atoms with Crippen molar-refractivity contribution in [1.82, 2.24) is 34.6 Å². The molecule has 7 heterocycles. The van der Waals surface area contributed by atoms with Crippen molar-refractivity contribution in [2.75, 3.05) is 62.6 Å². The average Bonchev–Trinajstić information content (AvgIpc) is 3.84. The molecule has 348 valence electrons. The average molecular weight is 962 g/mol. The number of halogens is 2. The molecule has 18 nitrogen and oxygen atoms in total. The van der Waals surface area contributed by atoms with Crippen molar-refractivity contribution in [3.05, 3.63) is 76.5 Å². The van der Waals surface area contributed by atoms with Gasteiger partial charge in [-0.1, -0.05) is 11.6 Å². The van der Waals surface area contributed by atoms with Crippen LogP contribution in [0.3, 0.4) is 0 Å². The van der Waals surface area contributed by atoms with Gasteiger partial charge in [0, 0.05) is 93.3 Å². The summed E-state index contributed by atoms with van der Waals surface area (Å²) < 4.78 is 31.1. The van der Waals surface area contributed by atoms with E-state index in [0.717, 1.165) is 38.5 Å². The summed E-state index contributed by atoms with van der Waals surface area (Å²) >= 11 is 12.9. The number of rotatable bonds is 13. The third-order valence-corrected chi connectivity index (χ3v) is 16.1. The Morgan fingerprint density at radius 2 is 1.74 bits per heavy atom. The largest absolute Gasteiger partial charge is 0.486 e. The molecule has 0 spiro atoms. The molecule has 2 unspecified atom stereocenters. The van der Waals surface area contributed by atoms with E-state index in [0.29, 0.717) is 88.1 Å². The van der Waals surface area contributed by atoms with Gasteiger partial charge in [-0.2, -0.15) is 5.10 Å². The van der Waals surface area contributed by atoms with Crippen molar-refractivity contribution in [3.63, 3.8) is 0 Å². The quantitative estimate of drug-likeness (QED) is 0.0622. The number of amides is 5. The molecule has 0 saturated carbocycles. The summed E-state index contributed by atoms with van der Waals surface area (Å²) in [7, 11) is -3.08. The van der Waals surface area contributed by atoms with Gasteiger partial charge < -0.3 is 19.9 Å². The number of pyridine rings is 1. The van der Waals surface area contributed by atoms with E-state index < -0.39 is 40.4 Å². The Labute approximate surface area is 392 Å². The lowest BCUT2D eigenvalue weighted by molar-refractivity contribution is -0.136. The van der Waals surface area contributed by atoms with Gasteiger partial charge in [-0.25, -0.2) is 9.29 Å². The van der Waals surface area contributed by atoms with E-state index in [1.165, 1.54) is 0 Å². The van der Waals surface area contributed by atoms with Crippen LogP contribution in [0, 0.1) is 0 Å². The molecule has 5 aliphatic rings. The number of ether oxygens (including phenoxy) is 1. The van der Waals surface area contributed by atoms with Gasteiger partial charge in [-0.15, -0.1) is 22.4 Å². The number of alkyl halides is 1. The molecular formula is C45H50Cl2N10O8S. The second kappa shape index (κ2) is 19.0. The molecule has 3 saturated heterocycles. The van der Waals surface area contributed by atoms with Crippen LogP contribution in [0.15, 0.2) is 70.3 Å². The van der Waals surface area contributed by atoms with Crippen LogP contribution in [-0.4, -0.2) is 149 Å². The molecule has 3 atom stereocenters. The maximum atomic E-state index is 13.2. The summed E-state index contributed by atoms with van der Waals surface area (Å²) in [6, 6.07) is 13.4. The second-order valence-corrected chi connectivity index (χ2v) is 20.2. The van der Waals surface area contributed by atoms with E-state index in [1.54, 1.807) is 39.8 Å². The molecule has 5 amide bonds. The standard InChI is InChI=1S/C45H50Cl2N10O8S/c1-26(41-34(46)24-48-25-35(41)47)65-29-6-8-36-33(22-29)42(53-52-36)27-4-10-38(50-23-27)54-17-19-56(20-18-54)66(63,64)30-12-15-55(16-13-30)40(59)3-2-14-49-28-5-7-31-32(21-28)45(62)57(44(31)61)37-9-11-39(58)51-43(37)60/h4-8,10,21-24,26,30,35,37,49,63-64H,2-3,9,11-20,25H2,1H3,(H,52,53)(H,51,58,60)/t26-,35?,37?/m1/s1. The number of carbonyl (C=O) groups excluding carboxylic acids is 5. The lowest BCUT2D eigenvalue weighted by Crippen LogP contribution is -2.54. The van der Waals surface area contributed by atoms with Crippen LogP contribution in [0.1, 0.15) is 66.2 Å². The number of hydrogen-bond donors (Lipinski definition) is 5. The SMILES string of the molecule is C[C@@H](Oc1ccc2[nH]nc(-c3ccc(N4CCN(S(O)(O)C5CCN(C(=O)CCCNc6ccc7c(c6)C(=O)N(C6CCC(=O)NC6=O)C7=O)CC5)CC4)nc3)c2c1)C1=C(Cl)C=NCC1Cl. The number of aliphatic imine (C=N–C) groups is 1. The normalized spacial score (nSPS) is 21.7. The van der Waals surface area contributed by atoms with E-state index in [-0.39, 0.29) is 53.0 Å². The maximum absolute atomic E-state index is 13.2. The fraction of sp³-hybridized carbons (Fsp3) is 0.422. The highest BCUT2D eigenvalue weighted by Gasteiger charge is 2.45. The maximum Gasteiger partial charge on any atom is 0.262 e. The number of allylic oxidation sites excluding steroid dienone is 1. The van der Waals surface area contributed by atoms with Crippen molar-refractivity contribution >= 4 is 92.1 Å². The zero-order valence-corrected chi connectivity index (χ0v) is 38.4. The number of aromatic amines is 1. The number of dihydropyridines is 1. The Kier molecular flexibility index (Phi) is 13.1. The number of piperidine rings is 2. The third kappa shape index (κ3) is 9.11. The minimum Gasteiger partial charge on any atom is -0.486 e. The summed E-state index contributed by atoms with van der Waals surface area (Å²) in [5.74, 6) is -0.832. The first-order valence-electron chi connectivity index (χ1n) is 22.1. The third-order valence-electron chi connectivity index (χ3n) is 12.9. The van der Waals surface area contributed by atoms with E-state index in [9.17, 15) is 33.1 Å². The first-order valence-corrected chi connectivity index (χ1v) is 24.4. The van der Waals surface area contributed by atoms with Crippen molar-refractivity contribution in [2.45, 2.75) is 68.2 Å². The number of imide groups is 2. The zero-order chi connectivity index (χ0) is 46.3. The minimum atomic E-state index is -3.08. The number of nitrogens with one attached hydrogen (secondary N) is 3. The van der Waals surface area contributed by atoms with Crippen molar-refractivity contribution in [1.29, 1.82) is 0 Å². The van der Waals surface area contributed by atoms with Crippen LogP contribution in [0.4, 0.5) is 11.5 Å². The molecule has 66 heavy (non-hydrogen) atoms. The molecule has 9 rings (SSSR count). The van der Waals surface area contributed by atoms with Gasteiger partial charge in [0.15, 0.2) is 0 Å². The first-order chi connectivity index (χ1) is 31.8. The minimum absolute atomic E-state index is 0.0161. The van der Waals surface area contributed by atoms with E-state index in [1.807, 2.05) is 37.3 Å². The van der Waals surface area contributed by atoms with Crippen LogP contribution in [-0.2, 0) is 14.4 Å². The number of likely N-dealkylation sites (tertiary alicyclic amines) is 1. The van der Waals surface area contributed by atoms with Gasteiger partial charge in [-0.05, 0) is 81.1 Å². The number of hydrogen-bond acceptors (Lipinski definition) is 14. The van der Waals surface area contributed by atoms with Gasteiger partial charge in [0.05, 0.1) is 38.8 Å². The molecule has 5 aliphatic heterocycles. The number of nitrogens with zero attached hydrogens (tertiary/aromatic N) is 7. The smallest absolute Gasteiger partial charge is 0.262 e. The lowest BCUT2D eigenvalue weighted by atomic mass is 10.0. The van der Waals surface area contributed by atoms with Gasteiger partial charge in [0.25, 0.3) is 11.8 Å². The number of piperazine rings is 1. The Hall–Kier alpha value is -5.57. The highest BCUT2D eigenvalue weighted by Crippen LogP contribution is 2.52. The lowest BCUT2D eigenvalue weighted by Gasteiger charge is -2.52. The monoisotopic (exact) mass is 960 g/mol. The molecule has 2 aromatic heterocycles. The topological polar surface area (TPSA) is 226 Å². The van der Waals surface area contributed by atoms with Crippen molar-refractivity contribution in [3.8, 4) is 17.0 Å². The van der Waals surface area contributed by atoms with Crippen LogP contribution in [0.2, 0.25) is 0 Å². The summed E-state index contributed by atoms with van der Waals surface area (Å²) in [4.78, 5) is 77.1. The van der Waals surface area contributed by atoms with Crippen molar-refractivity contribution in [2.24, 2.45) is 4.99 Å². The number of fused-ring (bicyclic) bond motifs is 2. The van der Waals surface area contributed by atoms with Gasteiger partial charge in [0.1, 0.15) is 29.4 Å². The molecule has 21 heteroatoms. The Balaban J connectivity index is 0.717. The van der Waals surface area contributed by atoms with Gasteiger partial charge in [-0.3, -0.25) is 53.4 Å². The van der Waals surface area contributed by atoms with Gasteiger partial charge in [0.2, 0.25) is 17.7 Å². The molecule has 2 aromatic carbocycles. The number of benzene rings is 2. The zero-order valence-electron chi connectivity index (χ0n) is 36.1. The van der Waals surface area contributed by atoms with Crippen LogP contribution >= 0.6 is 34.0 Å². The van der Waals surface area contributed by atoms with Crippen LogP contribution in [0.25, 0.3) is 22.2 Å². The highest BCUT2D eigenvalue weighted by molar-refractivity contribution is 8.22. The Morgan fingerprint density at radius 3 is 2.47 bits per heavy atom. The molecular weight excluding hydrogens is 912 g/mol. The Bertz CT molecular complexity index is 2630. The molecule has 0 bridgehead atoms. The number of carbonyl (C=O) groups is 5. The molecule has 0 aliphatic carbocycles. The summed E-state index contributed by atoms with van der Waals surface area (Å²) in [5, 5.41) is 13.8. The summed E-state index contributed by atoms with van der Waals surface area (Å²) in [6.07, 6.45) is 4.94. The van der Waals surface area contributed by atoms with Crippen molar-refractivity contribution < 1.29 is 37.8 Å². The highest BCUT2D eigenvalue weighted by atomic mass is 35.5. The van der Waals surface area contributed by atoms with E-state index in [2.05, 4.69) is 30.7 Å². The number of aromatic nitrogens is 3. The van der Waals surface area contributed by atoms with E-state index in [4.69, 9.17) is 32.9 Å². The molecule has 3 fully saturated rings. The van der Waals surface area contributed by atoms with E-state index >= 15 is 0 Å². The fourth-order valence-electron chi connectivity index (χ4n) is 9.29. The van der Waals surface area contributed by atoms with Gasteiger partial charge >= 0.3 is 0 Å². The first kappa shape index (κ1) is 45.6. The molecule has 4 aromatic rings. The summed E-state index contributed by atoms with van der Waals surface area (Å²) in [6.45, 7) is 5.70. The second-order valence-electron chi connectivity index (χ2n) is 17.0.